The van der Waals surface area contributed by atoms with Gasteiger partial charge in [0.15, 0.2) is 0 Å². The Morgan fingerprint density at radius 2 is 2.06 bits per heavy atom. The van der Waals surface area contributed by atoms with Gasteiger partial charge in [0.1, 0.15) is 15.8 Å². The van der Waals surface area contributed by atoms with Crippen molar-refractivity contribution in [1.82, 2.24) is 9.78 Å². The molecule has 2 aromatic rings. The molecule has 2 heterocycles. The van der Waals surface area contributed by atoms with E-state index in [1.54, 1.807) is 4.68 Å². The molecular weight excluding hydrogens is 277 g/mol. The second-order valence-electron chi connectivity index (χ2n) is 4.16. The van der Waals surface area contributed by atoms with E-state index >= 15 is 0 Å². The number of hydrogen-bond acceptors (Lipinski definition) is 3. The highest BCUT2D eigenvalue weighted by Crippen LogP contribution is 2.41. The lowest BCUT2D eigenvalue weighted by molar-refractivity contribution is 0.780. The number of anilines is 1. The van der Waals surface area contributed by atoms with Crippen LogP contribution in [0.5, 0.6) is 0 Å². The number of hydrogen-bond donors (Lipinski definition) is 1. The van der Waals surface area contributed by atoms with Crippen LogP contribution in [0.1, 0.15) is 25.3 Å². The summed E-state index contributed by atoms with van der Waals surface area (Å²) in [5.41, 5.74) is 8.73. The molecule has 0 amide bonds. The average molecular weight is 290 g/mol. The minimum absolute atomic E-state index is 0.286. The minimum Gasteiger partial charge on any atom is -0.384 e. The van der Waals surface area contributed by atoms with Crippen molar-refractivity contribution in [2.75, 3.05) is 5.73 Å². The van der Waals surface area contributed by atoms with Crippen molar-refractivity contribution in [3.8, 4) is 11.3 Å². The van der Waals surface area contributed by atoms with Gasteiger partial charge in [0.05, 0.1) is 4.34 Å². The third-order valence-corrected chi connectivity index (χ3v) is 4.11. The monoisotopic (exact) mass is 289 g/mol. The van der Waals surface area contributed by atoms with Crippen molar-refractivity contribution in [2.24, 2.45) is 7.05 Å². The summed E-state index contributed by atoms with van der Waals surface area (Å²) in [6, 6.07) is 1.84. The highest BCUT2D eigenvalue weighted by molar-refractivity contribution is 7.20. The molecule has 0 radical (unpaired) electrons. The molecule has 0 spiro atoms. The Morgan fingerprint density at radius 1 is 1.41 bits per heavy atom. The first-order valence-electron chi connectivity index (χ1n) is 5.19. The van der Waals surface area contributed by atoms with Crippen LogP contribution in [0.25, 0.3) is 11.3 Å². The van der Waals surface area contributed by atoms with Gasteiger partial charge in [-0.2, -0.15) is 5.10 Å². The molecule has 0 saturated carbocycles. The molecular formula is C11H13Cl2N3S. The fraction of sp³-hybridized carbons (Fsp3) is 0.364. The van der Waals surface area contributed by atoms with Crippen LogP contribution in [0.4, 0.5) is 5.82 Å². The SMILES string of the molecule is CC(C)c1c(-c2cc(Cl)sc2Cl)nn(C)c1N. The third-order valence-electron chi connectivity index (χ3n) is 2.62. The van der Waals surface area contributed by atoms with Crippen molar-refractivity contribution in [1.29, 1.82) is 0 Å². The number of nitrogens with zero attached hydrogens (tertiary/aromatic N) is 2. The van der Waals surface area contributed by atoms with Gasteiger partial charge in [-0.15, -0.1) is 11.3 Å². The molecule has 0 unspecified atom stereocenters. The first-order valence-corrected chi connectivity index (χ1v) is 6.76. The molecule has 6 heteroatoms. The predicted molar refractivity (Wildman–Crippen MR) is 75.0 cm³/mol. The van der Waals surface area contributed by atoms with Gasteiger partial charge in [0.25, 0.3) is 0 Å². The zero-order valence-corrected chi connectivity index (χ0v) is 12.1. The lowest BCUT2D eigenvalue weighted by atomic mass is 10.0. The summed E-state index contributed by atoms with van der Waals surface area (Å²) in [4.78, 5) is 0. The number of halogens is 2. The molecule has 0 saturated heterocycles. The Balaban J connectivity index is 2.67. The zero-order chi connectivity index (χ0) is 12.7. The second-order valence-corrected chi connectivity index (χ2v) is 6.45. The van der Waals surface area contributed by atoms with Gasteiger partial charge in [0, 0.05) is 18.2 Å². The molecule has 2 N–H and O–H groups in total. The number of nitrogen functional groups attached to an aromatic ring is 1. The van der Waals surface area contributed by atoms with Crippen LogP contribution in [-0.2, 0) is 7.05 Å². The maximum atomic E-state index is 6.16. The van der Waals surface area contributed by atoms with Crippen LogP contribution in [0.15, 0.2) is 6.07 Å². The predicted octanol–water partition coefficient (Wildman–Crippen LogP) is 4.16. The number of thiophene rings is 1. The van der Waals surface area contributed by atoms with Crippen LogP contribution >= 0.6 is 34.5 Å². The van der Waals surface area contributed by atoms with Crippen molar-refractivity contribution >= 4 is 40.4 Å². The Bertz CT molecular complexity index is 557. The lowest BCUT2D eigenvalue weighted by Crippen LogP contribution is -2.00. The van der Waals surface area contributed by atoms with Crippen LogP contribution in [0.3, 0.4) is 0 Å². The van der Waals surface area contributed by atoms with Crippen LogP contribution < -0.4 is 5.73 Å². The summed E-state index contributed by atoms with van der Waals surface area (Å²) in [6.07, 6.45) is 0. The van der Waals surface area contributed by atoms with Crippen molar-refractivity contribution in [3.63, 3.8) is 0 Å². The summed E-state index contributed by atoms with van der Waals surface area (Å²) in [5.74, 6) is 0.960. The van der Waals surface area contributed by atoms with Gasteiger partial charge in [0.2, 0.25) is 0 Å². The molecule has 0 aliphatic rings. The second kappa shape index (κ2) is 4.52. The first-order chi connectivity index (χ1) is 7.91. The highest BCUT2D eigenvalue weighted by Gasteiger charge is 2.21. The summed E-state index contributed by atoms with van der Waals surface area (Å²) in [7, 11) is 1.83. The van der Waals surface area contributed by atoms with E-state index in [1.165, 1.54) is 11.3 Å². The third kappa shape index (κ3) is 2.17. The average Bonchev–Trinajstić information content (AvgIpc) is 2.68. The molecule has 3 nitrogen and oxygen atoms in total. The van der Waals surface area contributed by atoms with Crippen molar-refractivity contribution < 1.29 is 0 Å². The molecule has 0 aliphatic carbocycles. The minimum atomic E-state index is 0.286. The van der Waals surface area contributed by atoms with Gasteiger partial charge in [-0.1, -0.05) is 37.0 Å². The van der Waals surface area contributed by atoms with E-state index in [9.17, 15) is 0 Å². The Morgan fingerprint density at radius 3 is 2.53 bits per heavy atom. The van der Waals surface area contributed by atoms with E-state index < -0.39 is 0 Å². The zero-order valence-electron chi connectivity index (χ0n) is 9.79. The largest absolute Gasteiger partial charge is 0.384 e. The van der Waals surface area contributed by atoms with E-state index in [1.807, 2.05) is 13.1 Å². The van der Waals surface area contributed by atoms with Crippen LogP contribution in [0.2, 0.25) is 8.67 Å². The molecule has 2 aromatic heterocycles. The topological polar surface area (TPSA) is 43.8 Å². The summed E-state index contributed by atoms with van der Waals surface area (Å²) in [5, 5.41) is 4.43. The van der Waals surface area contributed by atoms with E-state index in [-0.39, 0.29) is 5.92 Å². The first kappa shape index (κ1) is 12.7. The van der Waals surface area contributed by atoms with E-state index in [0.717, 1.165) is 16.8 Å². The maximum absolute atomic E-state index is 6.16. The number of aromatic nitrogens is 2. The number of rotatable bonds is 2. The fourth-order valence-electron chi connectivity index (χ4n) is 1.82. The van der Waals surface area contributed by atoms with Gasteiger partial charge in [-0.05, 0) is 12.0 Å². The number of aryl methyl sites for hydroxylation is 1. The molecule has 0 atom stereocenters. The smallest absolute Gasteiger partial charge is 0.125 e. The highest BCUT2D eigenvalue weighted by atomic mass is 35.5. The van der Waals surface area contributed by atoms with Gasteiger partial charge in [-0.25, -0.2) is 0 Å². The van der Waals surface area contributed by atoms with Gasteiger partial charge in [-0.3, -0.25) is 4.68 Å². The fourth-order valence-corrected chi connectivity index (χ4v) is 3.29. The van der Waals surface area contributed by atoms with E-state index in [4.69, 9.17) is 28.9 Å². The Labute approximate surface area is 114 Å². The Kier molecular flexibility index (Phi) is 3.39. The van der Waals surface area contributed by atoms with Crippen LogP contribution in [-0.4, -0.2) is 9.78 Å². The summed E-state index contributed by atoms with van der Waals surface area (Å²) >= 11 is 13.5. The van der Waals surface area contributed by atoms with Crippen molar-refractivity contribution in [2.45, 2.75) is 19.8 Å². The van der Waals surface area contributed by atoms with Crippen LogP contribution in [0, 0.1) is 0 Å². The molecule has 0 aromatic carbocycles. The quantitative estimate of drug-likeness (QED) is 0.902. The lowest BCUT2D eigenvalue weighted by Gasteiger charge is -2.06. The Hall–Kier alpha value is -0.710. The molecule has 92 valence electrons. The van der Waals surface area contributed by atoms with Gasteiger partial charge >= 0.3 is 0 Å². The molecule has 0 fully saturated rings. The normalized spacial score (nSPS) is 11.4. The van der Waals surface area contributed by atoms with E-state index in [0.29, 0.717) is 14.5 Å². The molecule has 17 heavy (non-hydrogen) atoms. The molecule has 0 aliphatic heterocycles. The summed E-state index contributed by atoms with van der Waals surface area (Å²) < 4.78 is 2.98. The van der Waals surface area contributed by atoms with Crippen molar-refractivity contribution in [3.05, 3.63) is 20.3 Å². The summed E-state index contributed by atoms with van der Waals surface area (Å²) in [6.45, 7) is 4.16. The maximum Gasteiger partial charge on any atom is 0.125 e. The number of nitrogens with two attached hydrogens (primary N) is 1. The molecule has 0 bridgehead atoms. The van der Waals surface area contributed by atoms with E-state index in [2.05, 4.69) is 18.9 Å². The standard InChI is InChI=1S/C11H13Cl2N3S/c1-5(2)8-9(15-16(3)11(8)14)6-4-7(12)17-10(6)13/h4-5H,14H2,1-3H3. The van der Waals surface area contributed by atoms with Gasteiger partial charge < -0.3 is 5.73 Å². The molecule has 2 rings (SSSR count).